The van der Waals surface area contributed by atoms with Gasteiger partial charge in [-0.3, -0.25) is 0 Å². The van der Waals surface area contributed by atoms with Crippen molar-refractivity contribution in [1.82, 2.24) is 14.8 Å². The topological polar surface area (TPSA) is 30.7 Å². The Balaban J connectivity index is 2.22. The molecule has 2 aromatic carbocycles. The molecule has 0 amide bonds. The fourth-order valence-electron chi connectivity index (χ4n) is 2.18. The summed E-state index contributed by atoms with van der Waals surface area (Å²) in [5, 5.41) is 3.21. The molecular formula is C15H6Cl2F5N3. The Morgan fingerprint density at radius 2 is 1.60 bits per heavy atom. The molecule has 0 aliphatic carbocycles. The van der Waals surface area contributed by atoms with Crippen LogP contribution in [-0.2, 0) is 6.18 Å². The molecule has 0 aliphatic rings. The third kappa shape index (κ3) is 3.32. The molecule has 3 aromatic rings. The van der Waals surface area contributed by atoms with Crippen molar-refractivity contribution < 1.29 is 22.0 Å². The molecule has 1 heterocycles. The summed E-state index contributed by atoms with van der Waals surface area (Å²) in [5.41, 5.74) is -2.19. The summed E-state index contributed by atoms with van der Waals surface area (Å²) in [6.07, 6.45) is -4.72. The maximum Gasteiger partial charge on any atom is 0.418 e. The number of hydrogen-bond acceptors (Lipinski definition) is 2. The van der Waals surface area contributed by atoms with E-state index in [2.05, 4.69) is 10.1 Å². The highest BCUT2D eigenvalue weighted by molar-refractivity contribution is 6.31. The summed E-state index contributed by atoms with van der Waals surface area (Å²) in [6, 6.07) is 5.84. The Bertz CT molecular complexity index is 933. The van der Waals surface area contributed by atoms with Gasteiger partial charge in [-0.1, -0.05) is 17.7 Å². The highest BCUT2D eigenvalue weighted by atomic mass is 35.5. The lowest BCUT2D eigenvalue weighted by molar-refractivity contribution is -0.137. The van der Waals surface area contributed by atoms with E-state index in [0.717, 1.165) is 36.4 Å². The van der Waals surface area contributed by atoms with Crippen LogP contribution in [0, 0.1) is 11.6 Å². The fraction of sp³-hybridized carbons (Fsp3) is 0.0667. The maximum absolute atomic E-state index is 13.8. The van der Waals surface area contributed by atoms with E-state index in [1.54, 1.807) is 0 Å². The minimum atomic E-state index is -4.72. The number of rotatable bonds is 2. The first kappa shape index (κ1) is 17.6. The smallest absolute Gasteiger partial charge is 0.206 e. The molecule has 0 fully saturated rings. The molecule has 0 radical (unpaired) electrons. The van der Waals surface area contributed by atoms with Gasteiger partial charge in [0, 0.05) is 5.02 Å². The van der Waals surface area contributed by atoms with Crippen molar-refractivity contribution >= 4 is 23.2 Å². The van der Waals surface area contributed by atoms with E-state index in [4.69, 9.17) is 23.2 Å². The summed E-state index contributed by atoms with van der Waals surface area (Å²) in [5.74, 6) is -2.44. The van der Waals surface area contributed by atoms with E-state index in [-0.39, 0.29) is 5.02 Å². The second kappa shape index (κ2) is 6.27. The average Bonchev–Trinajstić information content (AvgIpc) is 2.87. The second-order valence-corrected chi connectivity index (χ2v) is 5.65. The third-order valence-electron chi connectivity index (χ3n) is 3.25. The SMILES string of the molecule is Fc1cccc(F)c1-c1nc(Cl)n(-c2cc(Cl)ccc2C(F)(F)F)n1. The van der Waals surface area contributed by atoms with Crippen LogP contribution in [0.3, 0.4) is 0 Å². The van der Waals surface area contributed by atoms with Crippen LogP contribution in [0.2, 0.25) is 10.3 Å². The zero-order valence-corrected chi connectivity index (χ0v) is 13.5. The molecular weight excluding hydrogens is 388 g/mol. The van der Waals surface area contributed by atoms with Crippen molar-refractivity contribution in [3.05, 3.63) is 63.9 Å². The summed E-state index contributed by atoms with van der Waals surface area (Å²) >= 11 is 11.6. The Kier molecular flexibility index (Phi) is 4.42. The first-order valence-corrected chi connectivity index (χ1v) is 7.38. The lowest BCUT2D eigenvalue weighted by atomic mass is 10.1. The van der Waals surface area contributed by atoms with Crippen LogP contribution >= 0.6 is 23.2 Å². The standard InChI is InChI=1S/C15H6Cl2F5N3/c16-7-4-5-8(15(20,21)22)11(6-7)25-14(17)23-13(24-25)12-9(18)2-1-3-10(12)19/h1-6H. The van der Waals surface area contributed by atoms with Gasteiger partial charge in [0.2, 0.25) is 5.28 Å². The molecule has 1 aromatic heterocycles. The number of alkyl halides is 3. The van der Waals surface area contributed by atoms with Crippen molar-refractivity contribution in [2.45, 2.75) is 6.18 Å². The van der Waals surface area contributed by atoms with Crippen LogP contribution in [-0.4, -0.2) is 14.8 Å². The lowest BCUT2D eigenvalue weighted by Crippen LogP contribution is -2.11. The molecule has 10 heteroatoms. The quantitative estimate of drug-likeness (QED) is 0.535. The van der Waals surface area contributed by atoms with Crippen molar-refractivity contribution in [3.8, 4) is 17.1 Å². The van der Waals surface area contributed by atoms with Gasteiger partial charge in [0.05, 0.1) is 16.8 Å². The lowest BCUT2D eigenvalue weighted by Gasteiger charge is -2.13. The molecule has 0 saturated carbocycles. The van der Waals surface area contributed by atoms with E-state index in [0.29, 0.717) is 4.68 Å². The van der Waals surface area contributed by atoms with E-state index >= 15 is 0 Å². The number of benzene rings is 2. The maximum atomic E-state index is 13.8. The number of hydrogen-bond donors (Lipinski definition) is 0. The van der Waals surface area contributed by atoms with Crippen LogP contribution < -0.4 is 0 Å². The van der Waals surface area contributed by atoms with Crippen LogP contribution in [0.15, 0.2) is 36.4 Å². The molecule has 0 N–H and O–H groups in total. The van der Waals surface area contributed by atoms with Gasteiger partial charge in [0.15, 0.2) is 5.82 Å². The number of aromatic nitrogens is 3. The molecule has 0 spiro atoms. The van der Waals surface area contributed by atoms with Crippen LogP contribution in [0.1, 0.15) is 5.56 Å². The van der Waals surface area contributed by atoms with E-state index in [1.807, 2.05) is 0 Å². The van der Waals surface area contributed by atoms with Crippen LogP contribution in [0.4, 0.5) is 22.0 Å². The minimum Gasteiger partial charge on any atom is -0.206 e. The molecule has 0 atom stereocenters. The Morgan fingerprint density at radius 3 is 2.20 bits per heavy atom. The van der Waals surface area contributed by atoms with Crippen molar-refractivity contribution in [1.29, 1.82) is 0 Å². The Labute approximate surface area is 147 Å². The molecule has 0 bridgehead atoms. The van der Waals surface area contributed by atoms with Gasteiger partial charge in [-0.15, -0.1) is 5.10 Å². The fourth-order valence-corrected chi connectivity index (χ4v) is 2.56. The van der Waals surface area contributed by atoms with Gasteiger partial charge in [0.25, 0.3) is 0 Å². The van der Waals surface area contributed by atoms with Gasteiger partial charge in [-0.25, -0.2) is 13.5 Å². The molecule has 0 aliphatic heterocycles. The van der Waals surface area contributed by atoms with E-state index in [9.17, 15) is 22.0 Å². The predicted molar refractivity (Wildman–Crippen MR) is 81.7 cm³/mol. The minimum absolute atomic E-state index is 0.00631. The summed E-state index contributed by atoms with van der Waals surface area (Å²) in [6.45, 7) is 0. The Morgan fingerprint density at radius 1 is 0.960 bits per heavy atom. The molecule has 3 rings (SSSR count). The second-order valence-electron chi connectivity index (χ2n) is 4.87. The first-order valence-electron chi connectivity index (χ1n) is 6.62. The Hall–Kier alpha value is -2.19. The molecule has 3 nitrogen and oxygen atoms in total. The highest BCUT2D eigenvalue weighted by Gasteiger charge is 2.35. The molecule has 0 unspecified atom stereocenters. The zero-order chi connectivity index (χ0) is 18.4. The first-order chi connectivity index (χ1) is 11.7. The molecule has 130 valence electrons. The summed E-state index contributed by atoms with van der Waals surface area (Å²) in [4.78, 5) is 3.66. The van der Waals surface area contributed by atoms with E-state index in [1.165, 1.54) is 0 Å². The average molecular weight is 394 g/mol. The van der Waals surface area contributed by atoms with Gasteiger partial charge in [0.1, 0.15) is 11.6 Å². The van der Waals surface area contributed by atoms with Crippen molar-refractivity contribution in [2.75, 3.05) is 0 Å². The van der Waals surface area contributed by atoms with Gasteiger partial charge >= 0.3 is 6.18 Å². The van der Waals surface area contributed by atoms with Crippen LogP contribution in [0.5, 0.6) is 0 Å². The highest BCUT2D eigenvalue weighted by Crippen LogP contribution is 2.36. The predicted octanol–water partition coefficient (Wildman–Crippen LogP) is 5.54. The van der Waals surface area contributed by atoms with Crippen LogP contribution in [0.25, 0.3) is 17.1 Å². The van der Waals surface area contributed by atoms with E-state index < -0.39 is 45.7 Å². The van der Waals surface area contributed by atoms with Crippen molar-refractivity contribution in [3.63, 3.8) is 0 Å². The summed E-state index contributed by atoms with van der Waals surface area (Å²) < 4.78 is 67.9. The van der Waals surface area contributed by atoms with Gasteiger partial charge in [-0.2, -0.15) is 18.2 Å². The molecule has 25 heavy (non-hydrogen) atoms. The van der Waals surface area contributed by atoms with Crippen molar-refractivity contribution in [2.24, 2.45) is 0 Å². The number of nitrogens with zero attached hydrogens (tertiary/aromatic N) is 3. The van der Waals surface area contributed by atoms with Gasteiger partial charge in [-0.05, 0) is 41.9 Å². The number of halogens is 7. The van der Waals surface area contributed by atoms with Gasteiger partial charge < -0.3 is 0 Å². The summed E-state index contributed by atoms with van der Waals surface area (Å²) in [7, 11) is 0. The third-order valence-corrected chi connectivity index (χ3v) is 3.73. The zero-order valence-electron chi connectivity index (χ0n) is 12.0. The normalized spacial score (nSPS) is 11.8. The monoisotopic (exact) mass is 393 g/mol. The molecule has 0 saturated heterocycles. The largest absolute Gasteiger partial charge is 0.418 e.